The van der Waals surface area contributed by atoms with Crippen LogP contribution in [0.3, 0.4) is 0 Å². The molecule has 2 heterocycles. The van der Waals surface area contributed by atoms with Crippen molar-refractivity contribution in [2.24, 2.45) is 0 Å². The largest absolute Gasteiger partial charge is 0.488 e. The number of hydrogen-bond donors (Lipinski definition) is 1. The number of pyridine rings is 1. The predicted octanol–water partition coefficient (Wildman–Crippen LogP) is 2.92. The van der Waals surface area contributed by atoms with Crippen LogP contribution in [0.4, 0.5) is 4.39 Å². The molecule has 1 atom stereocenters. The Morgan fingerprint density at radius 3 is 2.59 bits per heavy atom. The van der Waals surface area contributed by atoms with Gasteiger partial charge in [0.2, 0.25) is 5.67 Å². The number of hydrogen-bond acceptors (Lipinski definition) is 4. The van der Waals surface area contributed by atoms with E-state index in [9.17, 15) is 14.0 Å². The second kappa shape index (κ2) is 7.34. The average Bonchev–Trinajstić information content (AvgIpc) is 3.05. The number of amides is 1. The molecule has 2 aromatic rings. The van der Waals surface area contributed by atoms with E-state index in [0.29, 0.717) is 17.9 Å². The number of aryl methyl sites for hydroxylation is 2. The molecule has 1 unspecified atom stereocenters. The van der Waals surface area contributed by atoms with Gasteiger partial charge >= 0.3 is 5.97 Å². The number of ether oxygens (including phenoxy) is 1. The van der Waals surface area contributed by atoms with Gasteiger partial charge in [-0.2, -0.15) is 0 Å². The van der Waals surface area contributed by atoms with Crippen LogP contribution in [0.5, 0.6) is 5.75 Å². The minimum Gasteiger partial charge on any atom is -0.488 e. The van der Waals surface area contributed by atoms with E-state index in [0.717, 1.165) is 16.7 Å². The summed E-state index contributed by atoms with van der Waals surface area (Å²) < 4.78 is 20.1. The van der Waals surface area contributed by atoms with E-state index in [-0.39, 0.29) is 18.9 Å². The molecular formula is C20H21FN2O4. The first-order chi connectivity index (χ1) is 12.8. The Bertz CT molecular complexity index is 849. The van der Waals surface area contributed by atoms with Crippen LogP contribution in [0.15, 0.2) is 36.7 Å². The summed E-state index contributed by atoms with van der Waals surface area (Å²) in [5.41, 5.74) is 0.527. The number of carbonyl (C=O) groups is 2. The van der Waals surface area contributed by atoms with Gasteiger partial charge in [-0.3, -0.25) is 9.78 Å². The highest BCUT2D eigenvalue weighted by Gasteiger charge is 2.47. The topological polar surface area (TPSA) is 79.7 Å². The monoisotopic (exact) mass is 372 g/mol. The lowest BCUT2D eigenvalue weighted by Gasteiger charge is -2.19. The SMILES string of the molecule is Cc1cc(C(=O)N2CCC(F)(C(=O)O)C2)cc(C)c1OCc1cccnc1. The lowest BCUT2D eigenvalue weighted by Crippen LogP contribution is -2.38. The Morgan fingerprint density at radius 2 is 2.04 bits per heavy atom. The maximum Gasteiger partial charge on any atom is 0.343 e. The Hall–Kier alpha value is -2.96. The summed E-state index contributed by atoms with van der Waals surface area (Å²) >= 11 is 0. The van der Waals surface area contributed by atoms with Crippen LogP contribution in [0.2, 0.25) is 0 Å². The lowest BCUT2D eigenvalue weighted by atomic mass is 10.0. The van der Waals surface area contributed by atoms with E-state index >= 15 is 0 Å². The Kier molecular flexibility index (Phi) is 5.12. The fraction of sp³-hybridized carbons (Fsp3) is 0.350. The van der Waals surface area contributed by atoms with Crippen molar-refractivity contribution in [3.63, 3.8) is 0 Å². The van der Waals surface area contributed by atoms with Gasteiger partial charge in [0.05, 0.1) is 6.54 Å². The molecule has 1 N–H and O–H groups in total. The molecular weight excluding hydrogens is 351 g/mol. The number of carboxylic acid groups (broad SMARTS) is 1. The van der Waals surface area contributed by atoms with Crippen LogP contribution in [-0.2, 0) is 11.4 Å². The number of carboxylic acids is 1. The lowest BCUT2D eigenvalue weighted by molar-refractivity contribution is -0.149. The standard InChI is InChI=1S/C20H21FN2O4/c1-13-8-16(18(24)23-7-5-20(21,12-23)19(25)26)9-14(2)17(13)27-11-15-4-3-6-22-10-15/h3-4,6,8-10H,5,7,11-12H2,1-2H3,(H,25,26). The summed E-state index contributed by atoms with van der Waals surface area (Å²) in [5, 5.41) is 8.99. The quantitative estimate of drug-likeness (QED) is 0.873. The average molecular weight is 372 g/mol. The Labute approximate surface area is 156 Å². The number of benzene rings is 1. The zero-order valence-corrected chi connectivity index (χ0v) is 15.2. The fourth-order valence-electron chi connectivity index (χ4n) is 3.24. The van der Waals surface area contributed by atoms with Gasteiger partial charge in [-0.15, -0.1) is 0 Å². The number of aromatic nitrogens is 1. The predicted molar refractivity (Wildman–Crippen MR) is 96.5 cm³/mol. The minimum absolute atomic E-state index is 0.0823. The molecule has 27 heavy (non-hydrogen) atoms. The second-order valence-electron chi connectivity index (χ2n) is 6.84. The Balaban J connectivity index is 1.74. The van der Waals surface area contributed by atoms with Crippen LogP contribution < -0.4 is 4.74 Å². The van der Waals surface area contributed by atoms with Crippen molar-refractivity contribution in [3.05, 3.63) is 58.9 Å². The molecule has 7 heteroatoms. The van der Waals surface area contributed by atoms with Crippen molar-refractivity contribution in [2.45, 2.75) is 32.5 Å². The molecule has 1 fully saturated rings. The van der Waals surface area contributed by atoms with Gasteiger partial charge < -0.3 is 14.7 Å². The van der Waals surface area contributed by atoms with Crippen molar-refractivity contribution in [3.8, 4) is 5.75 Å². The minimum atomic E-state index is -2.37. The number of carbonyl (C=O) groups excluding carboxylic acids is 1. The van der Waals surface area contributed by atoms with Crippen LogP contribution in [0.25, 0.3) is 0 Å². The van der Waals surface area contributed by atoms with Crippen molar-refractivity contribution >= 4 is 11.9 Å². The number of likely N-dealkylation sites (tertiary alicyclic amines) is 1. The van der Waals surface area contributed by atoms with Crippen molar-refractivity contribution in [1.82, 2.24) is 9.88 Å². The van der Waals surface area contributed by atoms with E-state index in [1.807, 2.05) is 26.0 Å². The number of nitrogens with zero attached hydrogens (tertiary/aromatic N) is 2. The highest BCUT2D eigenvalue weighted by atomic mass is 19.1. The molecule has 1 amide bonds. The molecule has 1 saturated heterocycles. The van der Waals surface area contributed by atoms with E-state index in [1.165, 1.54) is 4.90 Å². The van der Waals surface area contributed by atoms with E-state index in [4.69, 9.17) is 9.84 Å². The third kappa shape index (κ3) is 3.92. The summed E-state index contributed by atoms with van der Waals surface area (Å²) in [5.74, 6) is -1.22. The van der Waals surface area contributed by atoms with Crippen LogP contribution >= 0.6 is 0 Å². The van der Waals surface area contributed by atoms with Crippen molar-refractivity contribution in [1.29, 1.82) is 0 Å². The van der Waals surface area contributed by atoms with Gasteiger partial charge in [0.25, 0.3) is 5.91 Å². The highest BCUT2D eigenvalue weighted by molar-refractivity contribution is 5.96. The zero-order chi connectivity index (χ0) is 19.6. The first-order valence-corrected chi connectivity index (χ1v) is 8.65. The first kappa shape index (κ1) is 18.8. The summed E-state index contributed by atoms with van der Waals surface area (Å²) in [6.07, 6.45) is 3.22. The summed E-state index contributed by atoms with van der Waals surface area (Å²) in [6, 6.07) is 7.12. The smallest absolute Gasteiger partial charge is 0.343 e. The van der Waals surface area contributed by atoms with Crippen LogP contribution in [-0.4, -0.2) is 45.6 Å². The van der Waals surface area contributed by atoms with Gasteiger partial charge in [-0.25, -0.2) is 9.18 Å². The molecule has 0 spiro atoms. The van der Waals surface area contributed by atoms with Crippen LogP contribution in [0, 0.1) is 13.8 Å². The number of aliphatic carboxylic acids is 1. The highest BCUT2D eigenvalue weighted by Crippen LogP contribution is 2.30. The molecule has 1 aliphatic heterocycles. The van der Waals surface area contributed by atoms with Gasteiger partial charge in [0, 0.05) is 36.5 Å². The van der Waals surface area contributed by atoms with Gasteiger partial charge in [0.1, 0.15) is 12.4 Å². The second-order valence-corrected chi connectivity index (χ2v) is 6.84. The zero-order valence-electron chi connectivity index (χ0n) is 15.2. The first-order valence-electron chi connectivity index (χ1n) is 8.65. The molecule has 1 aliphatic rings. The molecule has 0 saturated carbocycles. The number of rotatable bonds is 5. The number of halogens is 1. The summed E-state index contributed by atoms with van der Waals surface area (Å²) in [7, 11) is 0. The van der Waals surface area contributed by atoms with Crippen molar-refractivity contribution in [2.75, 3.05) is 13.1 Å². The molecule has 142 valence electrons. The third-order valence-electron chi connectivity index (χ3n) is 4.70. The van der Waals surface area contributed by atoms with Gasteiger partial charge in [-0.05, 0) is 43.2 Å². The van der Waals surface area contributed by atoms with E-state index < -0.39 is 18.2 Å². The molecule has 6 nitrogen and oxygen atoms in total. The third-order valence-corrected chi connectivity index (χ3v) is 4.70. The molecule has 1 aromatic carbocycles. The van der Waals surface area contributed by atoms with Crippen LogP contribution in [0.1, 0.15) is 33.5 Å². The van der Waals surface area contributed by atoms with E-state index in [2.05, 4.69) is 4.98 Å². The van der Waals surface area contributed by atoms with Gasteiger partial charge in [0.15, 0.2) is 0 Å². The molecule has 1 aromatic heterocycles. The summed E-state index contributed by atoms with van der Waals surface area (Å²) in [4.78, 5) is 29.0. The Morgan fingerprint density at radius 1 is 1.33 bits per heavy atom. The maximum absolute atomic E-state index is 14.2. The van der Waals surface area contributed by atoms with Gasteiger partial charge in [-0.1, -0.05) is 6.07 Å². The fourth-order valence-corrected chi connectivity index (χ4v) is 3.24. The molecule has 0 aliphatic carbocycles. The summed E-state index contributed by atoms with van der Waals surface area (Å²) in [6.45, 7) is 3.68. The van der Waals surface area contributed by atoms with Crippen molar-refractivity contribution < 1.29 is 23.8 Å². The molecule has 0 radical (unpaired) electrons. The number of alkyl halides is 1. The molecule has 3 rings (SSSR count). The normalized spacial score (nSPS) is 19.1. The van der Waals surface area contributed by atoms with E-state index in [1.54, 1.807) is 24.5 Å². The molecule has 0 bridgehead atoms. The maximum atomic E-state index is 14.2.